The number of ether oxygens (including phenoxy) is 2. The molecule has 0 saturated heterocycles. The van der Waals surface area contributed by atoms with E-state index in [1.165, 1.54) is 29.1 Å². The van der Waals surface area contributed by atoms with Gasteiger partial charge in [0.2, 0.25) is 0 Å². The summed E-state index contributed by atoms with van der Waals surface area (Å²) in [5.41, 5.74) is 1.12. The van der Waals surface area contributed by atoms with Crippen molar-refractivity contribution in [2.24, 2.45) is 4.99 Å². The lowest BCUT2D eigenvalue weighted by Crippen LogP contribution is -2.39. The van der Waals surface area contributed by atoms with Crippen LogP contribution in [0, 0.1) is 0 Å². The summed E-state index contributed by atoms with van der Waals surface area (Å²) in [4.78, 5) is 42.4. The maximum atomic E-state index is 13.4. The molecule has 3 aromatic rings. The van der Waals surface area contributed by atoms with Gasteiger partial charge in [-0.25, -0.2) is 9.79 Å². The maximum Gasteiger partial charge on any atom is 0.338 e. The Morgan fingerprint density at radius 1 is 1.25 bits per heavy atom. The van der Waals surface area contributed by atoms with Gasteiger partial charge in [0.15, 0.2) is 4.80 Å². The zero-order chi connectivity index (χ0) is 22.8. The number of thiazole rings is 1. The Balaban J connectivity index is 1.90. The minimum Gasteiger partial charge on any atom is -0.465 e. The molecule has 0 spiro atoms. The first kappa shape index (κ1) is 21.5. The van der Waals surface area contributed by atoms with Gasteiger partial charge in [0, 0.05) is 13.0 Å². The van der Waals surface area contributed by atoms with Gasteiger partial charge in [0.05, 0.1) is 34.7 Å². The Kier molecular flexibility index (Phi) is 5.91. The number of rotatable bonds is 5. The molecule has 164 valence electrons. The third-order valence-corrected chi connectivity index (χ3v) is 5.77. The van der Waals surface area contributed by atoms with Gasteiger partial charge in [-0.15, -0.1) is 0 Å². The third kappa shape index (κ3) is 4.06. The van der Waals surface area contributed by atoms with E-state index in [0.29, 0.717) is 32.1 Å². The lowest BCUT2D eigenvalue weighted by molar-refractivity contribution is -0.139. The molecule has 0 radical (unpaired) electrons. The molecule has 1 aromatic carbocycles. The number of hydrogen-bond acceptors (Lipinski definition) is 8. The third-order valence-electron chi connectivity index (χ3n) is 4.79. The van der Waals surface area contributed by atoms with Crippen LogP contribution in [-0.4, -0.2) is 23.1 Å². The molecule has 3 heterocycles. The number of allylic oxidation sites excluding steroid dienone is 1. The molecule has 0 bridgehead atoms. The normalized spacial score (nSPS) is 15.8. The molecule has 4 rings (SSSR count). The fourth-order valence-corrected chi connectivity index (χ4v) is 4.52. The Morgan fingerprint density at radius 3 is 2.62 bits per heavy atom. The van der Waals surface area contributed by atoms with E-state index < -0.39 is 18.0 Å². The van der Waals surface area contributed by atoms with E-state index in [9.17, 15) is 14.4 Å². The van der Waals surface area contributed by atoms with Crippen molar-refractivity contribution in [1.29, 1.82) is 0 Å². The summed E-state index contributed by atoms with van der Waals surface area (Å²) in [6.07, 6.45) is 3.17. The highest BCUT2D eigenvalue weighted by molar-refractivity contribution is 7.07. The van der Waals surface area contributed by atoms with Crippen LogP contribution in [0.3, 0.4) is 0 Å². The number of esters is 2. The molecule has 32 heavy (non-hydrogen) atoms. The van der Waals surface area contributed by atoms with E-state index in [1.54, 1.807) is 56.3 Å². The van der Waals surface area contributed by atoms with Crippen LogP contribution in [0.1, 0.15) is 38.1 Å². The molecule has 1 atom stereocenters. The number of carbonyl (C=O) groups excluding carboxylic acids is 2. The molecular weight excluding hydrogens is 432 g/mol. The lowest BCUT2D eigenvalue weighted by Gasteiger charge is -2.24. The van der Waals surface area contributed by atoms with Crippen LogP contribution in [0.5, 0.6) is 5.75 Å². The fraction of sp³-hybridized carbons (Fsp3) is 0.217. The van der Waals surface area contributed by atoms with Crippen molar-refractivity contribution in [2.45, 2.75) is 26.8 Å². The standard InChI is InChI=1S/C23H20N2O6S/c1-4-29-22(28)19-13(2)24-23-25(21(27)18(32-23)12-17-6-5-11-30-17)20(19)15-7-9-16(10-8-15)31-14(3)26/h5-12,20H,4H2,1-3H3/b18-12+/t20-/m0/s1. The lowest BCUT2D eigenvalue weighted by atomic mass is 9.96. The second-order valence-electron chi connectivity index (χ2n) is 6.98. The first-order chi connectivity index (χ1) is 15.4. The van der Waals surface area contributed by atoms with Crippen molar-refractivity contribution in [3.8, 4) is 5.75 Å². The molecule has 0 saturated carbocycles. The highest BCUT2D eigenvalue weighted by Gasteiger charge is 2.33. The monoisotopic (exact) mass is 452 g/mol. The van der Waals surface area contributed by atoms with Gasteiger partial charge in [0.25, 0.3) is 5.56 Å². The molecule has 0 aliphatic carbocycles. The van der Waals surface area contributed by atoms with Crippen LogP contribution in [0.15, 0.2) is 68.1 Å². The van der Waals surface area contributed by atoms with Gasteiger partial charge in [-0.05, 0) is 43.7 Å². The van der Waals surface area contributed by atoms with Gasteiger partial charge in [-0.3, -0.25) is 14.2 Å². The second-order valence-corrected chi connectivity index (χ2v) is 7.99. The first-order valence-electron chi connectivity index (χ1n) is 9.90. The number of fused-ring (bicyclic) bond motifs is 1. The number of carbonyl (C=O) groups is 2. The highest BCUT2D eigenvalue weighted by atomic mass is 32.1. The molecule has 9 heteroatoms. The molecule has 8 nitrogen and oxygen atoms in total. The zero-order valence-corrected chi connectivity index (χ0v) is 18.5. The van der Waals surface area contributed by atoms with Crippen LogP contribution in [0.25, 0.3) is 6.08 Å². The van der Waals surface area contributed by atoms with Crippen LogP contribution in [0.2, 0.25) is 0 Å². The smallest absolute Gasteiger partial charge is 0.338 e. The summed E-state index contributed by atoms with van der Waals surface area (Å²) in [7, 11) is 0. The Bertz CT molecular complexity index is 1380. The molecule has 1 aliphatic heterocycles. The van der Waals surface area contributed by atoms with Crippen molar-refractivity contribution < 1.29 is 23.5 Å². The van der Waals surface area contributed by atoms with E-state index in [2.05, 4.69) is 4.99 Å². The largest absolute Gasteiger partial charge is 0.465 e. The SMILES string of the molecule is CCOC(=O)C1=C(C)N=c2s/c(=C/c3ccco3)c(=O)n2[C@H]1c1ccc(OC(C)=O)cc1. The van der Waals surface area contributed by atoms with Crippen LogP contribution < -0.4 is 19.6 Å². The predicted molar refractivity (Wildman–Crippen MR) is 117 cm³/mol. The fourth-order valence-electron chi connectivity index (χ4n) is 3.49. The van der Waals surface area contributed by atoms with E-state index in [-0.39, 0.29) is 17.7 Å². The average molecular weight is 452 g/mol. The van der Waals surface area contributed by atoms with Crippen molar-refractivity contribution in [1.82, 2.24) is 4.57 Å². The van der Waals surface area contributed by atoms with Gasteiger partial charge < -0.3 is 13.9 Å². The number of furan rings is 1. The Morgan fingerprint density at radius 2 is 2.00 bits per heavy atom. The van der Waals surface area contributed by atoms with E-state index in [0.717, 1.165) is 0 Å². The number of hydrogen-bond donors (Lipinski definition) is 0. The van der Waals surface area contributed by atoms with Crippen molar-refractivity contribution >= 4 is 29.4 Å². The molecular formula is C23H20N2O6S. The Labute approximate surface area is 186 Å². The summed E-state index contributed by atoms with van der Waals surface area (Å²) in [6.45, 7) is 4.94. The number of aromatic nitrogens is 1. The molecule has 0 unspecified atom stereocenters. The minimum atomic E-state index is -0.740. The first-order valence-corrected chi connectivity index (χ1v) is 10.7. The molecule has 2 aromatic heterocycles. The molecule has 0 N–H and O–H groups in total. The van der Waals surface area contributed by atoms with E-state index in [4.69, 9.17) is 13.9 Å². The predicted octanol–water partition coefficient (Wildman–Crippen LogP) is 2.32. The molecule has 0 fully saturated rings. The zero-order valence-electron chi connectivity index (χ0n) is 17.7. The maximum absolute atomic E-state index is 13.4. The van der Waals surface area contributed by atoms with Crippen molar-refractivity contribution in [3.63, 3.8) is 0 Å². The van der Waals surface area contributed by atoms with E-state index >= 15 is 0 Å². The molecule has 1 aliphatic rings. The molecule has 0 amide bonds. The van der Waals surface area contributed by atoms with Crippen molar-refractivity contribution in [2.75, 3.05) is 6.61 Å². The van der Waals surface area contributed by atoms with Gasteiger partial charge >= 0.3 is 11.9 Å². The van der Waals surface area contributed by atoms with Gasteiger partial charge in [0.1, 0.15) is 11.5 Å². The summed E-state index contributed by atoms with van der Waals surface area (Å²) < 4.78 is 17.6. The summed E-state index contributed by atoms with van der Waals surface area (Å²) in [5, 5.41) is 0. The summed E-state index contributed by atoms with van der Waals surface area (Å²) in [6, 6.07) is 9.41. The van der Waals surface area contributed by atoms with E-state index in [1.807, 2.05) is 0 Å². The number of nitrogens with zero attached hydrogens (tertiary/aromatic N) is 2. The minimum absolute atomic E-state index is 0.191. The van der Waals surface area contributed by atoms with Crippen molar-refractivity contribution in [3.05, 3.63) is 84.9 Å². The van der Waals surface area contributed by atoms with Crippen LogP contribution >= 0.6 is 11.3 Å². The highest BCUT2D eigenvalue weighted by Crippen LogP contribution is 2.31. The number of benzene rings is 1. The second kappa shape index (κ2) is 8.80. The van der Waals surface area contributed by atoms with Crippen LogP contribution in [0.4, 0.5) is 0 Å². The van der Waals surface area contributed by atoms with Gasteiger partial charge in [-0.2, -0.15) is 0 Å². The summed E-state index contributed by atoms with van der Waals surface area (Å²) >= 11 is 1.21. The quantitative estimate of drug-likeness (QED) is 0.435. The summed E-state index contributed by atoms with van der Waals surface area (Å²) in [5.74, 6) is -0.0708. The topological polar surface area (TPSA) is 100 Å². The van der Waals surface area contributed by atoms with Gasteiger partial charge in [-0.1, -0.05) is 23.5 Å². The Hall–Kier alpha value is -3.72. The van der Waals surface area contributed by atoms with Crippen LogP contribution in [-0.2, 0) is 14.3 Å². The average Bonchev–Trinajstić information content (AvgIpc) is 3.36.